The van der Waals surface area contributed by atoms with Crippen LogP contribution in [0.2, 0.25) is 0 Å². The molecule has 1 aromatic carbocycles. The van der Waals surface area contributed by atoms with E-state index in [-0.39, 0.29) is 23.4 Å². The van der Waals surface area contributed by atoms with Gasteiger partial charge in [0.15, 0.2) is 11.6 Å². The molecule has 3 aliphatic rings. The highest BCUT2D eigenvalue weighted by molar-refractivity contribution is 5.75. The molecule has 3 aliphatic carbocycles. The average Bonchev–Trinajstić information content (AvgIpc) is 2.73. The molecule has 4 rings (SSSR count). The summed E-state index contributed by atoms with van der Waals surface area (Å²) in [6.45, 7) is 2.39. The lowest BCUT2D eigenvalue weighted by atomic mass is 9.59. The average molecular weight is 403 g/mol. The number of halogens is 1. The van der Waals surface area contributed by atoms with Crippen LogP contribution < -0.4 is 9.47 Å². The molecule has 0 aromatic heterocycles. The van der Waals surface area contributed by atoms with Crippen molar-refractivity contribution in [2.45, 2.75) is 71.1 Å². The fourth-order valence-corrected chi connectivity index (χ4v) is 6.38. The van der Waals surface area contributed by atoms with Crippen LogP contribution in [0, 0.1) is 41.3 Å². The van der Waals surface area contributed by atoms with E-state index in [9.17, 15) is 9.18 Å². The van der Waals surface area contributed by atoms with Gasteiger partial charge in [-0.05, 0) is 80.2 Å². The second-order valence-corrected chi connectivity index (χ2v) is 9.77. The van der Waals surface area contributed by atoms with E-state index in [2.05, 4.69) is 6.92 Å². The molecule has 0 heterocycles. The van der Waals surface area contributed by atoms with Gasteiger partial charge in [0.1, 0.15) is 5.75 Å². The number of carbonyl (C=O) groups is 1. The van der Waals surface area contributed by atoms with Crippen LogP contribution in [0.15, 0.2) is 18.2 Å². The third kappa shape index (κ3) is 4.62. The number of hydrogen-bond acceptors (Lipinski definition) is 3. The summed E-state index contributed by atoms with van der Waals surface area (Å²) in [5.41, 5.74) is 0. The highest BCUT2D eigenvalue weighted by Crippen LogP contribution is 2.50. The predicted molar refractivity (Wildman–Crippen MR) is 111 cm³/mol. The van der Waals surface area contributed by atoms with E-state index in [0.717, 1.165) is 37.0 Å². The fourth-order valence-electron chi connectivity index (χ4n) is 6.38. The Balaban J connectivity index is 1.37. The third-order valence-electron chi connectivity index (χ3n) is 8.06. The van der Waals surface area contributed by atoms with Crippen molar-refractivity contribution < 1.29 is 18.7 Å². The maximum absolute atomic E-state index is 13.9. The van der Waals surface area contributed by atoms with Crippen LogP contribution in [0.1, 0.15) is 71.1 Å². The highest BCUT2D eigenvalue weighted by Gasteiger charge is 2.43. The standard InChI is InChI=1S/C25H35FO3/c1-16-6-8-17(9-7-16)18-10-12-21-19(14-18)4-3-5-22(21)25(27)29-20-11-13-24(28-2)23(26)15-20/h11,13,15-19,21-22H,3-10,12,14H2,1-2H3. The second kappa shape index (κ2) is 9.06. The Morgan fingerprint density at radius 1 is 0.966 bits per heavy atom. The maximum atomic E-state index is 13.9. The van der Waals surface area contributed by atoms with Gasteiger partial charge in [-0.3, -0.25) is 4.79 Å². The van der Waals surface area contributed by atoms with Crippen LogP contribution in [-0.2, 0) is 4.79 Å². The Kier molecular flexibility index (Phi) is 6.46. The summed E-state index contributed by atoms with van der Waals surface area (Å²) in [4.78, 5) is 12.9. The summed E-state index contributed by atoms with van der Waals surface area (Å²) in [6, 6.07) is 4.37. The molecular formula is C25H35FO3. The number of ether oxygens (including phenoxy) is 2. The molecule has 160 valence electrons. The van der Waals surface area contributed by atoms with E-state index in [4.69, 9.17) is 9.47 Å². The number of hydrogen-bond donors (Lipinski definition) is 0. The van der Waals surface area contributed by atoms with E-state index in [0.29, 0.717) is 11.8 Å². The molecule has 0 radical (unpaired) electrons. The van der Waals surface area contributed by atoms with Crippen molar-refractivity contribution in [1.82, 2.24) is 0 Å². The number of methoxy groups -OCH3 is 1. The van der Waals surface area contributed by atoms with E-state index in [1.165, 1.54) is 64.2 Å². The van der Waals surface area contributed by atoms with E-state index >= 15 is 0 Å². The molecule has 0 aliphatic heterocycles. The molecule has 0 amide bonds. The van der Waals surface area contributed by atoms with Crippen molar-refractivity contribution >= 4 is 5.97 Å². The number of benzene rings is 1. The molecule has 4 unspecified atom stereocenters. The monoisotopic (exact) mass is 402 g/mol. The zero-order chi connectivity index (χ0) is 20.4. The fraction of sp³-hybridized carbons (Fsp3) is 0.720. The smallest absolute Gasteiger partial charge is 0.314 e. The van der Waals surface area contributed by atoms with Crippen LogP contribution >= 0.6 is 0 Å². The lowest BCUT2D eigenvalue weighted by molar-refractivity contribution is -0.144. The molecule has 4 atom stereocenters. The molecular weight excluding hydrogens is 367 g/mol. The molecule has 1 aromatic rings. The quantitative estimate of drug-likeness (QED) is 0.432. The van der Waals surface area contributed by atoms with Crippen molar-refractivity contribution in [3.05, 3.63) is 24.0 Å². The number of carbonyl (C=O) groups excluding carboxylic acids is 1. The molecule has 0 N–H and O–H groups in total. The minimum absolute atomic E-state index is 0.0359. The highest BCUT2D eigenvalue weighted by atomic mass is 19.1. The molecule has 0 saturated heterocycles. The summed E-state index contributed by atoms with van der Waals surface area (Å²) in [7, 11) is 1.43. The van der Waals surface area contributed by atoms with Gasteiger partial charge in [0.2, 0.25) is 0 Å². The number of rotatable bonds is 4. The minimum atomic E-state index is -0.498. The van der Waals surface area contributed by atoms with Gasteiger partial charge in [-0.15, -0.1) is 0 Å². The molecule has 3 saturated carbocycles. The Hall–Kier alpha value is -1.58. The maximum Gasteiger partial charge on any atom is 0.314 e. The number of fused-ring (bicyclic) bond motifs is 1. The topological polar surface area (TPSA) is 35.5 Å². The first kappa shape index (κ1) is 20.7. The Morgan fingerprint density at radius 3 is 2.45 bits per heavy atom. The van der Waals surface area contributed by atoms with Gasteiger partial charge in [0.05, 0.1) is 13.0 Å². The first-order chi connectivity index (χ1) is 14.0. The van der Waals surface area contributed by atoms with Gasteiger partial charge >= 0.3 is 5.97 Å². The SMILES string of the molecule is COc1ccc(OC(=O)C2CCCC3CC(C4CCC(C)CC4)CCC32)cc1F. The lowest BCUT2D eigenvalue weighted by Gasteiger charge is -2.45. The van der Waals surface area contributed by atoms with Gasteiger partial charge in [-0.1, -0.05) is 32.6 Å². The molecule has 29 heavy (non-hydrogen) atoms. The van der Waals surface area contributed by atoms with Crippen molar-refractivity contribution in [3.63, 3.8) is 0 Å². The second-order valence-electron chi connectivity index (χ2n) is 9.77. The van der Waals surface area contributed by atoms with Crippen LogP contribution in [0.5, 0.6) is 11.5 Å². The van der Waals surface area contributed by atoms with Crippen LogP contribution in [0.4, 0.5) is 4.39 Å². The zero-order valence-electron chi connectivity index (χ0n) is 17.9. The Bertz CT molecular complexity index is 710. The molecule has 4 heteroatoms. The van der Waals surface area contributed by atoms with Crippen molar-refractivity contribution in [3.8, 4) is 11.5 Å². The largest absolute Gasteiger partial charge is 0.494 e. The van der Waals surface area contributed by atoms with Crippen LogP contribution in [0.3, 0.4) is 0 Å². The Morgan fingerprint density at radius 2 is 1.72 bits per heavy atom. The summed E-state index contributed by atoms with van der Waals surface area (Å²) in [5.74, 6) is 3.50. The van der Waals surface area contributed by atoms with E-state index in [1.807, 2.05) is 0 Å². The van der Waals surface area contributed by atoms with E-state index in [1.54, 1.807) is 6.07 Å². The first-order valence-corrected chi connectivity index (χ1v) is 11.6. The van der Waals surface area contributed by atoms with Crippen molar-refractivity contribution in [2.24, 2.45) is 35.5 Å². The zero-order valence-corrected chi connectivity index (χ0v) is 17.9. The predicted octanol–water partition coefficient (Wildman–Crippen LogP) is 6.40. The molecule has 0 spiro atoms. The number of esters is 1. The molecule has 3 nitrogen and oxygen atoms in total. The summed E-state index contributed by atoms with van der Waals surface area (Å²) >= 11 is 0. The van der Waals surface area contributed by atoms with Gasteiger partial charge in [-0.25, -0.2) is 4.39 Å². The summed E-state index contributed by atoms with van der Waals surface area (Å²) in [6.07, 6.45) is 12.6. The minimum Gasteiger partial charge on any atom is -0.494 e. The van der Waals surface area contributed by atoms with E-state index < -0.39 is 5.82 Å². The summed E-state index contributed by atoms with van der Waals surface area (Å²) < 4.78 is 24.5. The van der Waals surface area contributed by atoms with Gasteiger partial charge in [-0.2, -0.15) is 0 Å². The third-order valence-corrected chi connectivity index (χ3v) is 8.06. The normalized spacial score (nSPS) is 34.9. The van der Waals surface area contributed by atoms with Crippen LogP contribution in [0.25, 0.3) is 0 Å². The lowest BCUT2D eigenvalue weighted by Crippen LogP contribution is -2.40. The summed E-state index contributed by atoms with van der Waals surface area (Å²) in [5, 5.41) is 0. The van der Waals surface area contributed by atoms with Gasteiger partial charge in [0.25, 0.3) is 0 Å². The molecule has 0 bridgehead atoms. The van der Waals surface area contributed by atoms with Gasteiger partial charge < -0.3 is 9.47 Å². The first-order valence-electron chi connectivity index (χ1n) is 11.6. The Labute approximate surface area is 174 Å². The van der Waals surface area contributed by atoms with Gasteiger partial charge in [0, 0.05) is 6.07 Å². The molecule has 3 fully saturated rings. The van der Waals surface area contributed by atoms with Crippen molar-refractivity contribution in [2.75, 3.05) is 7.11 Å². The van der Waals surface area contributed by atoms with Crippen molar-refractivity contribution in [1.29, 1.82) is 0 Å². The van der Waals surface area contributed by atoms with Crippen LogP contribution in [-0.4, -0.2) is 13.1 Å².